The highest BCUT2D eigenvalue weighted by molar-refractivity contribution is 9.10. The van der Waals surface area contributed by atoms with Gasteiger partial charge >= 0.3 is 5.97 Å². The Morgan fingerprint density at radius 1 is 1.38 bits per heavy atom. The van der Waals surface area contributed by atoms with E-state index in [0.717, 1.165) is 23.9 Å². The quantitative estimate of drug-likeness (QED) is 0.892. The molecule has 0 spiro atoms. The maximum atomic E-state index is 10.8. The Bertz CT molecular complexity index is 377. The molecule has 3 nitrogen and oxygen atoms in total. The Balaban J connectivity index is 1.84. The topological polar surface area (TPSA) is 49.3 Å². The van der Waals surface area contributed by atoms with E-state index < -0.39 is 5.97 Å². The molecule has 0 heterocycles. The van der Waals surface area contributed by atoms with Crippen molar-refractivity contribution in [3.05, 3.63) is 34.3 Å². The molecule has 1 fully saturated rings. The molecule has 2 N–H and O–H groups in total. The van der Waals surface area contributed by atoms with Gasteiger partial charge in [-0.05, 0) is 30.5 Å². The molecule has 0 aromatic heterocycles. The molecule has 1 saturated carbocycles. The van der Waals surface area contributed by atoms with Crippen molar-refractivity contribution < 1.29 is 9.90 Å². The highest BCUT2D eigenvalue weighted by atomic mass is 79.9. The zero-order valence-electron chi connectivity index (χ0n) is 8.82. The van der Waals surface area contributed by atoms with Crippen molar-refractivity contribution in [2.75, 3.05) is 0 Å². The van der Waals surface area contributed by atoms with Crippen LogP contribution in [0.3, 0.4) is 0 Å². The molecule has 1 aromatic carbocycles. The van der Waals surface area contributed by atoms with Crippen LogP contribution in [0.15, 0.2) is 28.7 Å². The van der Waals surface area contributed by atoms with E-state index in [1.54, 1.807) is 0 Å². The van der Waals surface area contributed by atoms with Crippen molar-refractivity contribution in [3.8, 4) is 0 Å². The van der Waals surface area contributed by atoms with Gasteiger partial charge in [0.1, 0.15) is 0 Å². The minimum Gasteiger partial charge on any atom is -0.481 e. The third-order valence-electron chi connectivity index (χ3n) is 3.07. The largest absolute Gasteiger partial charge is 0.481 e. The summed E-state index contributed by atoms with van der Waals surface area (Å²) in [5.74, 6) is -0.880. The van der Waals surface area contributed by atoms with Gasteiger partial charge in [0.2, 0.25) is 0 Å². The minimum absolute atomic E-state index is 0.140. The van der Waals surface area contributed by atoms with E-state index in [2.05, 4.69) is 21.2 Å². The van der Waals surface area contributed by atoms with Crippen LogP contribution in [0.2, 0.25) is 0 Å². The predicted molar refractivity (Wildman–Crippen MR) is 65.1 cm³/mol. The fourth-order valence-corrected chi connectivity index (χ4v) is 2.16. The average molecular weight is 284 g/mol. The van der Waals surface area contributed by atoms with Crippen molar-refractivity contribution in [2.24, 2.45) is 5.92 Å². The molecule has 4 heteroatoms. The number of hydrogen-bond donors (Lipinski definition) is 2. The third-order valence-corrected chi connectivity index (χ3v) is 3.60. The number of benzene rings is 1. The van der Waals surface area contributed by atoms with E-state index in [1.807, 2.05) is 24.3 Å². The van der Waals surface area contributed by atoms with E-state index in [0.29, 0.717) is 0 Å². The number of aliphatic carboxylic acids is 1. The van der Waals surface area contributed by atoms with Crippen molar-refractivity contribution in [2.45, 2.75) is 25.4 Å². The first-order chi connectivity index (χ1) is 7.66. The van der Waals surface area contributed by atoms with Crippen molar-refractivity contribution >= 4 is 21.9 Å². The summed E-state index contributed by atoms with van der Waals surface area (Å²) in [7, 11) is 0. The smallest absolute Gasteiger partial charge is 0.308 e. The summed E-state index contributed by atoms with van der Waals surface area (Å²) in [6.07, 6.45) is 1.76. The third kappa shape index (κ3) is 2.62. The number of hydrogen-bond acceptors (Lipinski definition) is 2. The van der Waals surface area contributed by atoms with Gasteiger partial charge in [0.05, 0.1) is 5.92 Å². The zero-order chi connectivity index (χ0) is 11.5. The van der Waals surface area contributed by atoms with Gasteiger partial charge in [0.25, 0.3) is 0 Å². The number of carboxylic acids is 1. The van der Waals surface area contributed by atoms with Crippen LogP contribution in [0.1, 0.15) is 18.4 Å². The molecule has 0 saturated heterocycles. The van der Waals surface area contributed by atoms with Gasteiger partial charge < -0.3 is 10.4 Å². The molecule has 0 aliphatic heterocycles. The second-order valence-electron chi connectivity index (χ2n) is 4.14. The van der Waals surface area contributed by atoms with Crippen LogP contribution in [0, 0.1) is 5.92 Å². The van der Waals surface area contributed by atoms with Gasteiger partial charge in [-0.2, -0.15) is 0 Å². The van der Waals surface area contributed by atoms with Gasteiger partial charge in [0.15, 0.2) is 0 Å². The number of nitrogens with one attached hydrogen (secondary N) is 1. The maximum Gasteiger partial charge on any atom is 0.308 e. The fraction of sp³-hybridized carbons (Fsp3) is 0.417. The van der Waals surface area contributed by atoms with E-state index in [9.17, 15) is 4.79 Å². The summed E-state index contributed by atoms with van der Waals surface area (Å²) in [5.41, 5.74) is 1.18. The standard InChI is InChI=1S/C12H14BrNO2/c13-9-3-1-8(2-4-9)7-14-11-6-5-10(11)12(15)16/h1-4,10-11,14H,5-7H2,(H,15,16). The molecule has 0 radical (unpaired) electrons. The van der Waals surface area contributed by atoms with Crippen LogP contribution < -0.4 is 5.32 Å². The summed E-state index contributed by atoms with van der Waals surface area (Å²) in [6.45, 7) is 0.738. The Labute approximate surface area is 103 Å². The monoisotopic (exact) mass is 283 g/mol. The first-order valence-corrected chi connectivity index (χ1v) is 6.17. The second kappa shape index (κ2) is 4.97. The summed E-state index contributed by atoms with van der Waals surface area (Å²) in [4.78, 5) is 10.8. The van der Waals surface area contributed by atoms with Crippen molar-refractivity contribution in [1.29, 1.82) is 0 Å². The molecular weight excluding hydrogens is 270 g/mol. The predicted octanol–water partition coefficient (Wildman–Crippen LogP) is 2.40. The molecule has 0 amide bonds. The molecule has 1 aliphatic carbocycles. The van der Waals surface area contributed by atoms with Gasteiger partial charge in [-0.25, -0.2) is 0 Å². The summed E-state index contributed by atoms with van der Waals surface area (Å²) in [6, 6.07) is 8.19. The molecule has 0 bridgehead atoms. The minimum atomic E-state index is -0.681. The normalized spacial score (nSPS) is 23.8. The molecule has 2 rings (SSSR count). The van der Waals surface area contributed by atoms with Gasteiger partial charge in [0, 0.05) is 17.1 Å². The van der Waals surface area contributed by atoms with Gasteiger partial charge in [-0.3, -0.25) is 4.79 Å². The van der Waals surface area contributed by atoms with Crippen LogP contribution in [0.25, 0.3) is 0 Å². The molecule has 2 atom stereocenters. The zero-order valence-corrected chi connectivity index (χ0v) is 10.4. The van der Waals surface area contributed by atoms with Gasteiger partial charge in [-0.15, -0.1) is 0 Å². The van der Waals surface area contributed by atoms with Crippen LogP contribution in [0.5, 0.6) is 0 Å². The molecule has 2 unspecified atom stereocenters. The number of carbonyl (C=O) groups is 1. The molecule has 1 aromatic rings. The first kappa shape index (κ1) is 11.6. The summed E-state index contributed by atoms with van der Waals surface area (Å²) in [5, 5.41) is 12.2. The highest BCUT2D eigenvalue weighted by Gasteiger charge is 2.35. The van der Waals surface area contributed by atoms with Crippen LogP contribution in [0.4, 0.5) is 0 Å². The summed E-state index contributed by atoms with van der Waals surface area (Å²) >= 11 is 3.38. The summed E-state index contributed by atoms with van der Waals surface area (Å²) < 4.78 is 1.06. The number of rotatable bonds is 4. The SMILES string of the molecule is O=C(O)C1CCC1NCc1ccc(Br)cc1. The lowest BCUT2D eigenvalue weighted by molar-refractivity contribution is -0.146. The Morgan fingerprint density at radius 2 is 2.06 bits per heavy atom. The van der Waals surface area contributed by atoms with Gasteiger partial charge in [-0.1, -0.05) is 28.1 Å². The van der Waals surface area contributed by atoms with E-state index in [-0.39, 0.29) is 12.0 Å². The molecular formula is C12H14BrNO2. The lowest BCUT2D eigenvalue weighted by atomic mass is 9.79. The van der Waals surface area contributed by atoms with E-state index in [1.165, 1.54) is 5.56 Å². The highest BCUT2D eigenvalue weighted by Crippen LogP contribution is 2.27. The van der Waals surface area contributed by atoms with E-state index >= 15 is 0 Å². The van der Waals surface area contributed by atoms with Crippen LogP contribution in [-0.2, 0) is 11.3 Å². The lowest BCUT2D eigenvalue weighted by Gasteiger charge is -2.34. The molecule has 1 aliphatic rings. The Morgan fingerprint density at radius 3 is 2.56 bits per heavy atom. The maximum absolute atomic E-state index is 10.8. The van der Waals surface area contributed by atoms with Crippen LogP contribution >= 0.6 is 15.9 Å². The lowest BCUT2D eigenvalue weighted by Crippen LogP contribution is -2.47. The number of halogens is 1. The molecule has 16 heavy (non-hydrogen) atoms. The number of carboxylic acid groups (broad SMARTS) is 1. The van der Waals surface area contributed by atoms with Crippen molar-refractivity contribution in [1.82, 2.24) is 5.32 Å². The molecule has 86 valence electrons. The van der Waals surface area contributed by atoms with Crippen LogP contribution in [-0.4, -0.2) is 17.1 Å². The fourth-order valence-electron chi connectivity index (χ4n) is 1.89. The Hall–Kier alpha value is -0.870. The Kier molecular flexibility index (Phi) is 3.61. The first-order valence-electron chi connectivity index (χ1n) is 5.37. The second-order valence-corrected chi connectivity index (χ2v) is 5.05. The van der Waals surface area contributed by atoms with E-state index in [4.69, 9.17) is 5.11 Å². The van der Waals surface area contributed by atoms with Crippen molar-refractivity contribution in [3.63, 3.8) is 0 Å². The average Bonchev–Trinajstić information content (AvgIpc) is 2.18.